The van der Waals surface area contributed by atoms with Crippen LogP contribution < -0.4 is 15.1 Å². The van der Waals surface area contributed by atoms with Crippen molar-refractivity contribution in [3.05, 3.63) is 64.7 Å². The maximum Gasteiger partial charge on any atom is 0.281 e. The van der Waals surface area contributed by atoms with Crippen molar-refractivity contribution in [2.45, 2.75) is 45.1 Å². The second kappa shape index (κ2) is 10.4. The van der Waals surface area contributed by atoms with Gasteiger partial charge in [-0.1, -0.05) is 11.6 Å². The van der Waals surface area contributed by atoms with Crippen molar-refractivity contribution in [1.29, 1.82) is 0 Å². The zero-order valence-corrected chi connectivity index (χ0v) is 22.0. The van der Waals surface area contributed by atoms with Gasteiger partial charge in [0.25, 0.3) is 12.3 Å². The van der Waals surface area contributed by atoms with Gasteiger partial charge in [-0.25, -0.2) is 18.7 Å². The number of rotatable bonds is 6. The third-order valence-corrected chi connectivity index (χ3v) is 7.78. The quantitative estimate of drug-likeness (QED) is 0.401. The van der Waals surface area contributed by atoms with Crippen molar-refractivity contribution in [3.63, 3.8) is 0 Å². The summed E-state index contributed by atoms with van der Waals surface area (Å²) in [4.78, 5) is 34.3. The van der Waals surface area contributed by atoms with Gasteiger partial charge in [-0.2, -0.15) is 4.99 Å². The SMILES string of the molecule is CC1=C=Nc2ncc(N3CN(C[C@H]4CC[C@H](NC(=O)c5cc(Cl)cnc5C(F)F)CC4)c4cccnc43)cc21. The van der Waals surface area contributed by atoms with Crippen LogP contribution in [0.25, 0.3) is 5.57 Å². The second-order valence-corrected chi connectivity index (χ2v) is 10.6. The number of fused-ring (bicyclic) bond motifs is 2. The zero-order chi connectivity index (χ0) is 27.1. The number of anilines is 3. The Labute approximate surface area is 229 Å². The van der Waals surface area contributed by atoms with Crippen LogP contribution in [0.2, 0.25) is 5.02 Å². The molecule has 0 saturated heterocycles. The number of hydrogen-bond acceptors (Lipinski definition) is 7. The van der Waals surface area contributed by atoms with Gasteiger partial charge in [0.05, 0.1) is 34.8 Å². The maximum atomic E-state index is 13.4. The Morgan fingerprint density at radius 1 is 1.18 bits per heavy atom. The summed E-state index contributed by atoms with van der Waals surface area (Å²) in [6.45, 7) is 3.49. The van der Waals surface area contributed by atoms with E-state index in [0.29, 0.717) is 18.4 Å². The lowest BCUT2D eigenvalue weighted by atomic mass is 9.85. The molecule has 8 nitrogen and oxygen atoms in total. The minimum absolute atomic E-state index is 0.0849. The highest BCUT2D eigenvalue weighted by Gasteiger charge is 2.32. The van der Waals surface area contributed by atoms with Crippen molar-refractivity contribution in [3.8, 4) is 0 Å². The van der Waals surface area contributed by atoms with E-state index in [9.17, 15) is 13.6 Å². The van der Waals surface area contributed by atoms with Gasteiger partial charge in [0, 0.05) is 36.1 Å². The lowest BCUT2D eigenvalue weighted by molar-refractivity contribution is 0.0906. The predicted octanol–water partition coefficient (Wildman–Crippen LogP) is 6.09. The molecule has 1 aliphatic carbocycles. The molecule has 3 aromatic rings. The van der Waals surface area contributed by atoms with E-state index >= 15 is 0 Å². The van der Waals surface area contributed by atoms with Crippen LogP contribution >= 0.6 is 11.6 Å². The van der Waals surface area contributed by atoms with Gasteiger partial charge in [-0.15, -0.1) is 0 Å². The van der Waals surface area contributed by atoms with E-state index in [0.717, 1.165) is 66.8 Å². The molecule has 0 aromatic carbocycles. The Kier molecular flexibility index (Phi) is 6.74. The molecule has 1 amide bonds. The van der Waals surface area contributed by atoms with Crippen LogP contribution in [0, 0.1) is 5.92 Å². The molecule has 1 saturated carbocycles. The summed E-state index contributed by atoms with van der Waals surface area (Å²) >= 11 is 5.91. The summed E-state index contributed by atoms with van der Waals surface area (Å²) in [5.74, 6) is 4.43. The van der Waals surface area contributed by atoms with Crippen LogP contribution in [-0.4, -0.2) is 46.0 Å². The van der Waals surface area contributed by atoms with Crippen LogP contribution in [0.3, 0.4) is 0 Å². The molecule has 3 aromatic heterocycles. The molecule has 39 heavy (non-hydrogen) atoms. The highest BCUT2D eigenvalue weighted by molar-refractivity contribution is 6.30. The third-order valence-electron chi connectivity index (χ3n) is 7.57. The van der Waals surface area contributed by atoms with Crippen LogP contribution in [0.5, 0.6) is 0 Å². The first-order chi connectivity index (χ1) is 18.9. The van der Waals surface area contributed by atoms with Gasteiger partial charge in [-0.3, -0.25) is 9.78 Å². The lowest BCUT2D eigenvalue weighted by Gasteiger charge is -2.32. The minimum atomic E-state index is -2.85. The number of pyridine rings is 3. The fraction of sp³-hybridized carbons (Fsp3) is 0.357. The molecule has 0 bridgehead atoms. The van der Waals surface area contributed by atoms with Gasteiger partial charge in [0.1, 0.15) is 5.69 Å². The first-order valence-corrected chi connectivity index (χ1v) is 13.3. The average molecular weight is 550 g/mol. The molecule has 2 aliphatic heterocycles. The summed E-state index contributed by atoms with van der Waals surface area (Å²) in [6.07, 6.45) is 5.27. The molecule has 5 heterocycles. The molecule has 6 rings (SSSR count). The molecule has 200 valence electrons. The number of carbonyl (C=O) groups is 1. The van der Waals surface area contributed by atoms with Crippen molar-refractivity contribution in [2.24, 2.45) is 10.9 Å². The standard InChI is InChI=1S/C28H26ClF2N7O/c1-16-11-34-26-21(16)10-20(13-35-26)38-15-37(23-3-2-8-32-27(23)38)14-17-4-6-19(7-5-17)36-28(39)22-9-18(29)12-33-24(22)25(30)31/h2-3,8-10,12-13,17,19,25H,4-7,14-15H2,1H3,(H,36,39)/t17-,19-. The molecule has 0 spiro atoms. The number of nitrogens with one attached hydrogen (secondary N) is 1. The Morgan fingerprint density at radius 3 is 2.79 bits per heavy atom. The molecule has 3 aliphatic rings. The molecule has 0 atom stereocenters. The predicted molar refractivity (Wildman–Crippen MR) is 146 cm³/mol. The van der Waals surface area contributed by atoms with E-state index in [1.807, 2.05) is 19.2 Å². The molecular weight excluding hydrogens is 524 g/mol. The van der Waals surface area contributed by atoms with Gasteiger partial charge >= 0.3 is 0 Å². The van der Waals surface area contributed by atoms with Crippen molar-refractivity contribution in [1.82, 2.24) is 20.3 Å². The first-order valence-electron chi connectivity index (χ1n) is 12.9. The normalized spacial score (nSPS) is 19.8. The summed E-state index contributed by atoms with van der Waals surface area (Å²) in [6, 6.07) is 7.29. The Bertz CT molecular complexity index is 1500. The van der Waals surface area contributed by atoms with Gasteiger partial charge in [0.15, 0.2) is 11.6 Å². The van der Waals surface area contributed by atoms with Crippen LogP contribution in [0.1, 0.15) is 60.6 Å². The number of nitrogens with zero attached hydrogens (tertiary/aromatic N) is 6. The number of allylic oxidation sites excluding steroid dienone is 1. The minimum Gasteiger partial charge on any atom is -0.350 e. The van der Waals surface area contributed by atoms with E-state index in [2.05, 4.69) is 53.1 Å². The van der Waals surface area contributed by atoms with Crippen molar-refractivity contribution < 1.29 is 13.6 Å². The maximum absolute atomic E-state index is 13.4. The first kappa shape index (κ1) is 25.4. The number of carbonyl (C=O) groups excluding carboxylic acids is 1. The number of aliphatic imine (C=N–C) groups is 1. The topological polar surface area (TPSA) is 86.6 Å². The van der Waals surface area contributed by atoms with E-state index < -0.39 is 18.0 Å². The molecule has 0 radical (unpaired) electrons. The fourth-order valence-electron chi connectivity index (χ4n) is 5.54. The van der Waals surface area contributed by atoms with Gasteiger partial charge in [0.2, 0.25) is 0 Å². The summed E-state index contributed by atoms with van der Waals surface area (Å²) in [5, 5.41) is 3.07. The number of hydrogen-bond donors (Lipinski definition) is 1. The van der Waals surface area contributed by atoms with Crippen LogP contribution in [0.4, 0.5) is 31.8 Å². The van der Waals surface area contributed by atoms with Crippen LogP contribution in [0.15, 0.2) is 47.8 Å². The van der Waals surface area contributed by atoms with E-state index in [-0.39, 0.29) is 16.6 Å². The van der Waals surface area contributed by atoms with E-state index in [1.54, 1.807) is 6.20 Å². The number of aromatic nitrogens is 3. The molecule has 11 heteroatoms. The summed E-state index contributed by atoms with van der Waals surface area (Å²) in [5.41, 5.74) is 3.27. The number of alkyl halides is 2. The fourth-order valence-corrected chi connectivity index (χ4v) is 5.70. The van der Waals surface area contributed by atoms with Crippen molar-refractivity contribution >= 4 is 52.0 Å². The van der Waals surface area contributed by atoms with Gasteiger partial charge < -0.3 is 15.1 Å². The summed E-state index contributed by atoms with van der Waals surface area (Å²) < 4.78 is 26.7. The third kappa shape index (κ3) is 4.97. The molecule has 0 unspecified atom stereocenters. The lowest BCUT2D eigenvalue weighted by Crippen LogP contribution is -2.40. The molecule has 1 N–H and O–H groups in total. The van der Waals surface area contributed by atoms with E-state index in [4.69, 9.17) is 11.6 Å². The molecular formula is C28H26ClF2N7O. The largest absolute Gasteiger partial charge is 0.350 e. The highest BCUT2D eigenvalue weighted by atomic mass is 35.5. The second-order valence-electron chi connectivity index (χ2n) is 10.1. The van der Waals surface area contributed by atoms with Gasteiger partial charge in [-0.05, 0) is 68.7 Å². The zero-order valence-electron chi connectivity index (χ0n) is 21.2. The highest BCUT2D eigenvalue weighted by Crippen LogP contribution is 2.41. The monoisotopic (exact) mass is 549 g/mol. The average Bonchev–Trinajstić information content (AvgIpc) is 3.49. The van der Waals surface area contributed by atoms with Crippen LogP contribution in [-0.2, 0) is 0 Å². The smallest absolute Gasteiger partial charge is 0.281 e. The summed E-state index contributed by atoms with van der Waals surface area (Å²) in [7, 11) is 0. The number of halogens is 3. The Hall–Kier alpha value is -3.88. The Morgan fingerprint density at radius 2 is 2.00 bits per heavy atom. The van der Waals surface area contributed by atoms with Crippen molar-refractivity contribution in [2.75, 3.05) is 23.0 Å². The Balaban J connectivity index is 1.10. The van der Waals surface area contributed by atoms with E-state index in [1.165, 1.54) is 6.07 Å². The number of amides is 1. The molecule has 1 fully saturated rings.